The third-order valence-electron chi connectivity index (χ3n) is 3.03. The van der Waals surface area contributed by atoms with Gasteiger partial charge in [-0.25, -0.2) is 13.5 Å². The number of halogens is 2. The van der Waals surface area contributed by atoms with Gasteiger partial charge in [-0.05, 0) is 12.8 Å². The SMILES string of the molecule is O=c1cc(C(F)F)[nH]n1C1CCCCC1O. The molecule has 90 valence electrons. The van der Waals surface area contributed by atoms with Crippen molar-refractivity contribution >= 4 is 0 Å². The van der Waals surface area contributed by atoms with Crippen LogP contribution >= 0.6 is 0 Å². The van der Waals surface area contributed by atoms with Crippen molar-refractivity contribution < 1.29 is 13.9 Å². The lowest BCUT2D eigenvalue weighted by Crippen LogP contribution is -2.33. The first-order valence-corrected chi connectivity index (χ1v) is 5.37. The van der Waals surface area contributed by atoms with Crippen LogP contribution in [0.3, 0.4) is 0 Å². The van der Waals surface area contributed by atoms with Crippen LogP contribution in [0.15, 0.2) is 10.9 Å². The second-order valence-electron chi connectivity index (χ2n) is 4.14. The summed E-state index contributed by atoms with van der Waals surface area (Å²) in [7, 11) is 0. The van der Waals surface area contributed by atoms with Crippen LogP contribution in [0.1, 0.15) is 43.8 Å². The number of hydrogen-bond donors (Lipinski definition) is 2. The Morgan fingerprint density at radius 2 is 2.12 bits per heavy atom. The average Bonchev–Trinajstić information content (AvgIpc) is 2.61. The summed E-state index contributed by atoms with van der Waals surface area (Å²) >= 11 is 0. The molecule has 0 bridgehead atoms. The van der Waals surface area contributed by atoms with E-state index in [1.54, 1.807) is 0 Å². The molecule has 16 heavy (non-hydrogen) atoms. The Morgan fingerprint density at radius 1 is 1.44 bits per heavy atom. The van der Waals surface area contributed by atoms with Gasteiger partial charge in [0, 0.05) is 6.07 Å². The van der Waals surface area contributed by atoms with Crippen LogP contribution in [-0.4, -0.2) is 21.0 Å². The van der Waals surface area contributed by atoms with Crippen LogP contribution < -0.4 is 5.56 Å². The number of alkyl halides is 2. The number of H-pyrrole nitrogens is 1. The average molecular weight is 232 g/mol. The van der Waals surface area contributed by atoms with E-state index in [1.165, 1.54) is 0 Å². The molecule has 0 spiro atoms. The van der Waals surface area contributed by atoms with Crippen molar-refractivity contribution in [2.45, 2.75) is 44.3 Å². The van der Waals surface area contributed by atoms with E-state index >= 15 is 0 Å². The van der Waals surface area contributed by atoms with Crippen molar-refractivity contribution in [3.63, 3.8) is 0 Å². The minimum atomic E-state index is -2.69. The maximum Gasteiger partial charge on any atom is 0.279 e. The second kappa shape index (κ2) is 4.37. The molecule has 2 rings (SSSR count). The number of aromatic nitrogens is 2. The molecule has 4 nitrogen and oxygen atoms in total. The number of aliphatic hydroxyl groups is 1. The summed E-state index contributed by atoms with van der Waals surface area (Å²) in [6, 6.07) is 0.500. The fourth-order valence-electron chi connectivity index (χ4n) is 2.18. The minimum absolute atomic E-state index is 0.386. The highest BCUT2D eigenvalue weighted by Crippen LogP contribution is 2.27. The Kier molecular flexibility index (Phi) is 3.09. The molecule has 1 heterocycles. The highest BCUT2D eigenvalue weighted by molar-refractivity contribution is 5.02. The maximum atomic E-state index is 12.4. The lowest BCUT2D eigenvalue weighted by molar-refractivity contribution is 0.0662. The predicted octanol–water partition coefficient (Wildman–Crippen LogP) is 1.59. The molecule has 1 saturated carbocycles. The summed E-state index contributed by atoms with van der Waals surface area (Å²) in [4.78, 5) is 11.5. The zero-order chi connectivity index (χ0) is 11.7. The zero-order valence-corrected chi connectivity index (χ0v) is 8.70. The molecule has 0 saturated heterocycles. The molecule has 0 aromatic carbocycles. The van der Waals surface area contributed by atoms with Gasteiger partial charge in [-0.1, -0.05) is 12.8 Å². The van der Waals surface area contributed by atoms with E-state index in [1.807, 2.05) is 0 Å². The monoisotopic (exact) mass is 232 g/mol. The largest absolute Gasteiger partial charge is 0.391 e. The first-order valence-electron chi connectivity index (χ1n) is 5.37. The molecule has 1 fully saturated rings. The highest BCUT2D eigenvalue weighted by atomic mass is 19.3. The van der Waals surface area contributed by atoms with Crippen molar-refractivity contribution in [1.82, 2.24) is 9.78 Å². The maximum absolute atomic E-state index is 12.4. The predicted molar refractivity (Wildman–Crippen MR) is 53.5 cm³/mol. The lowest BCUT2D eigenvalue weighted by Gasteiger charge is -2.27. The van der Waals surface area contributed by atoms with Gasteiger partial charge in [-0.3, -0.25) is 9.89 Å². The highest BCUT2D eigenvalue weighted by Gasteiger charge is 2.27. The quantitative estimate of drug-likeness (QED) is 0.813. The first kappa shape index (κ1) is 11.3. The number of rotatable bonds is 2. The smallest absolute Gasteiger partial charge is 0.279 e. The van der Waals surface area contributed by atoms with Gasteiger partial charge in [0.25, 0.3) is 12.0 Å². The number of hydrogen-bond acceptors (Lipinski definition) is 2. The molecule has 0 aliphatic heterocycles. The minimum Gasteiger partial charge on any atom is -0.391 e. The normalized spacial score (nSPS) is 26.2. The van der Waals surface area contributed by atoms with Crippen LogP contribution in [0.5, 0.6) is 0 Å². The third kappa shape index (κ3) is 2.02. The van der Waals surface area contributed by atoms with Crippen molar-refractivity contribution in [3.05, 3.63) is 22.1 Å². The molecule has 1 aromatic rings. The van der Waals surface area contributed by atoms with Gasteiger partial charge in [0.15, 0.2) is 0 Å². The summed E-state index contributed by atoms with van der Waals surface area (Å²) in [5.74, 6) is 0. The molecule has 6 heteroatoms. The fourth-order valence-corrected chi connectivity index (χ4v) is 2.18. The Morgan fingerprint density at radius 3 is 2.69 bits per heavy atom. The van der Waals surface area contributed by atoms with E-state index in [-0.39, 0.29) is 5.69 Å². The fraction of sp³-hybridized carbons (Fsp3) is 0.700. The zero-order valence-electron chi connectivity index (χ0n) is 8.70. The Hall–Kier alpha value is -1.17. The number of aliphatic hydroxyl groups excluding tert-OH is 1. The molecular weight excluding hydrogens is 218 g/mol. The number of nitrogens with one attached hydrogen (secondary N) is 1. The van der Waals surface area contributed by atoms with Crippen LogP contribution in [-0.2, 0) is 0 Å². The van der Waals surface area contributed by atoms with Gasteiger partial charge in [0.05, 0.1) is 12.1 Å². The van der Waals surface area contributed by atoms with E-state index < -0.39 is 24.1 Å². The topological polar surface area (TPSA) is 58.0 Å². The summed E-state index contributed by atoms with van der Waals surface area (Å²) in [5.41, 5.74) is -0.885. The van der Waals surface area contributed by atoms with E-state index in [4.69, 9.17) is 0 Å². The van der Waals surface area contributed by atoms with Crippen molar-refractivity contribution in [2.75, 3.05) is 0 Å². The van der Waals surface area contributed by atoms with Crippen LogP contribution in [0.2, 0.25) is 0 Å². The van der Waals surface area contributed by atoms with Crippen molar-refractivity contribution in [1.29, 1.82) is 0 Å². The van der Waals surface area contributed by atoms with Gasteiger partial charge in [-0.15, -0.1) is 0 Å². The van der Waals surface area contributed by atoms with Crippen LogP contribution in [0.4, 0.5) is 8.78 Å². The molecule has 1 aromatic heterocycles. The van der Waals surface area contributed by atoms with E-state index in [9.17, 15) is 18.7 Å². The van der Waals surface area contributed by atoms with Crippen LogP contribution in [0, 0.1) is 0 Å². The Balaban J connectivity index is 2.28. The van der Waals surface area contributed by atoms with Crippen molar-refractivity contribution in [3.8, 4) is 0 Å². The van der Waals surface area contributed by atoms with Gasteiger partial charge >= 0.3 is 0 Å². The van der Waals surface area contributed by atoms with Gasteiger partial charge < -0.3 is 5.11 Å². The van der Waals surface area contributed by atoms with E-state index in [0.29, 0.717) is 12.8 Å². The Labute approximate surface area is 90.9 Å². The van der Waals surface area contributed by atoms with Crippen molar-refractivity contribution in [2.24, 2.45) is 0 Å². The van der Waals surface area contributed by atoms with Gasteiger partial charge in [0.2, 0.25) is 0 Å². The Bertz CT molecular complexity index is 413. The molecule has 2 N–H and O–H groups in total. The summed E-state index contributed by atoms with van der Waals surface area (Å²) in [6.07, 6.45) is -0.249. The molecule has 2 atom stereocenters. The molecule has 1 aliphatic carbocycles. The summed E-state index contributed by atoms with van der Waals surface area (Å²) in [5, 5.41) is 12.1. The standard InChI is InChI=1S/C10H14F2N2O2/c11-10(12)6-5-9(16)14(13-6)7-3-1-2-4-8(7)15/h5,7-8,10,13,15H,1-4H2. The summed E-state index contributed by atoms with van der Waals surface area (Å²) < 4.78 is 25.9. The van der Waals surface area contributed by atoms with Gasteiger partial charge in [0.1, 0.15) is 5.69 Å². The first-order chi connectivity index (χ1) is 7.59. The molecule has 1 aliphatic rings. The molecule has 2 unspecified atom stereocenters. The van der Waals surface area contributed by atoms with Crippen LogP contribution in [0.25, 0.3) is 0 Å². The molecule has 0 radical (unpaired) electrons. The van der Waals surface area contributed by atoms with E-state index in [2.05, 4.69) is 5.10 Å². The molecule has 0 amide bonds. The number of nitrogens with zero attached hydrogens (tertiary/aromatic N) is 1. The van der Waals surface area contributed by atoms with E-state index in [0.717, 1.165) is 23.6 Å². The summed E-state index contributed by atoms with van der Waals surface area (Å²) in [6.45, 7) is 0. The lowest BCUT2D eigenvalue weighted by atomic mass is 9.93. The van der Waals surface area contributed by atoms with Gasteiger partial charge in [-0.2, -0.15) is 0 Å². The third-order valence-corrected chi connectivity index (χ3v) is 3.03. The second-order valence-corrected chi connectivity index (χ2v) is 4.14. The number of aromatic amines is 1. The molecular formula is C10H14F2N2O2.